The van der Waals surface area contributed by atoms with Crippen LogP contribution in [-0.2, 0) is 0 Å². The van der Waals surface area contributed by atoms with Crippen LogP contribution >= 0.6 is 0 Å². The third-order valence-electron chi connectivity index (χ3n) is 2.06. The highest BCUT2D eigenvalue weighted by molar-refractivity contribution is 5.43. The second kappa shape index (κ2) is 18.1. The number of allylic oxidation sites excluding steroid dienone is 9. The smallest absolute Gasteiger partial charge is 0.0228 e. The van der Waals surface area contributed by atoms with E-state index in [1.54, 1.807) is 0 Å². The zero-order valence-corrected chi connectivity index (χ0v) is 13.7. The minimum Gasteiger partial charge on any atom is -0.0988 e. The Morgan fingerprint density at radius 2 is 1.44 bits per heavy atom. The van der Waals surface area contributed by atoms with Crippen LogP contribution in [0.25, 0.3) is 0 Å². The molecule has 0 heterocycles. The molecule has 0 amide bonds. The Morgan fingerprint density at radius 1 is 0.944 bits per heavy atom. The Kier molecular flexibility index (Phi) is 22.0. The van der Waals surface area contributed by atoms with E-state index in [4.69, 9.17) is 0 Å². The molecule has 0 aromatic heterocycles. The lowest BCUT2D eigenvalue weighted by Crippen LogP contribution is -1.82. The molecule has 0 aromatic carbocycles. The monoisotopic (exact) mass is 248 g/mol. The summed E-state index contributed by atoms with van der Waals surface area (Å²) in [7, 11) is 0. The third-order valence-corrected chi connectivity index (χ3v) is 2.06. The fourth-order valence-corrected chi connectivity index (χ4v) is 0.964. The van der Waals surface area contributed by atoms with E-state index < -0.39 is 0 Å². The molecule has 0 atom stereocenters. The van der Waals surface area contributed by atoms with Gasteiger partial charge in [0.15, 0.2) is 0 Å². The molecular formula is C18H32. The average Bonchev–Trinajstić information content (AvgIpc) is 2.46. The predicted molar refractivity (Wildman–Crippen MR) is 89.0 cm³/mol. The fourth-order valence-electron chi connectivity index (χ4n) is 0.964. The van der Waals surface area contributed by atoms with Gasteiger partial charge in [-0.25, -0.2) is 0 Å². The number of hydrogen-bond acceptors (Lipinski definition) is 0. The first kappa shape index (κ1) is 21.9. The van der Waals surface area contributed by atoms with Crippen molar-refractivity contribution in [2.24, 2.45) is 0 Å². The van der Waals surface area contributed by atoms with Crippen molar-refractivity contribution in [3.63, 3.8) is 0 Å². The molecule has 0 fully saturated rings. The molecule has 0 nitrogen and oxygen atoms in total. The molecule has 0 saturated heterocycles. The van der Waals surface area contributed by atoms with E-state index in [2.05, 4.69) is 51.7 Å². The topological polar surface area (TPSA) is 0 Å². The van der Waals surface area contributed by atoms with Crippen molar-refractivity contribution in [1.82, 2.24) is 0 Å². The summed E-state index contributed by atoms with van der Waals surface area (Å²) >= 11 is 0. The molecule has 0 radical (unpaired) electrons. The van der Waals surface area contributed by atoms with Crippen LogP contribution in [0.5, 0.6) is 0 Å². The van der Waals surface area contributed by atoms with Crippen LogP contribution < -0.4 is 0 Å². The summed E-state index contributed by atoms with van der Waals surface area (Å²) in [5, 5.41) is 0. The maximum absolute atomic E-state index is 3.75. The van der Waals surface area contributed by atoms with Crippen LogP contribution in [-0.4, -0.2) is 0 Å². The Bertz CT molecular complexity index is 296. The maximum atomic E-state index is 3.75. The second-order valence-corrected chi connectivity index (χ2v) is 3.21. The molecule has 0 aliphatic carbocycles. The Balaban J connectivity index is -0.000000506. The van der Waals surface area contributed by atoms with Crippen molar-refractivity contribution >= 4 is 0 Å². The van der Waals surface area contributed by atoms with Crippen LogP contribution in [0.15, 0.2) is 59.8 Å². The summed E-state index contributed by atoms with van der Waals surface area (Å²) in [6, 6.07) is 0. The predicted octanol–water partition coefficient (Wildman–Crippen LogP) is 6.64. The Hall–Kier alpha value is -1.30. The van der Waals surface area contributed by atoms with Gasteiger partial charge in [0.05, 0.1) is 0 Å². The van der Waals surface area contributed by atoms with E-state index in [-0.39, 0.29) is 0 Å². The molecule has 0 rings (SSSR count). The first-order chi connectivity index (χ1) is 8.65. The van der Waals surface area contributed by atoms with Crippen LogP contribution in [0.1, 0.15) is 55.4 Å². The summed E-state index contributed by atoms with van der Waals surface area (Å²) in [6.45, 7) is 20.0. The van der Waals surface area contributed by atoms with Gasteiger partial charge in [0.2, 0.25) is 0 Å². The third kappa shape index (κ3) is 12.8. The number of hydrogen-bond donors (Lipinski definition) is 0. The van der Waals surface area contributed by atoms with Crippen LogP contribution in [0.3, 0.4) is 0 Å². The van der Waals surface area contributed by atoms with Gasteiger partial charge in [-0.1, -0.05) is 76.3 Å². The Labute approximate surface area is 116 Å². The molecule has 0 unspecified atom stereocenters. The fraction of sp³-hybridized carbons (Fsp3) is 0.444. The minimum absolute atomic E-state index is 1.18. The molecule has 0 N–H and O–H groups in total. The quantitative estimate of drug-likeness (QED) is 0.489. The summed E-state index contributed by atoms with van der Waals surface area (Å²) in [6.07, 6.45) is 12.3. The average molecular weight is 248 g/mol. The molecule has 0 aromatic rings. The van der Waals surface area contributed by atoms with E-state index in [1.165, 1.54) is 16.7 Å². The highest BCUT2D eigenvalue weighted by atomic mass is 14.0. The minimum atomic E-state index is 1.18. The van der Waals surface area contributed by atoms with Gasteiger partial charge in [-0.15, -0.1) is 0 Å². The highest BCUT2D eigenvalue weighted by Crippen LogP contribution is 2.13. The summed E-state index contributed by atoms with van der Waals surface area (Å²) in [4.78, 5) is 0. The van der Waals surface area contributed by atoms with E-state index >= 15 is 0 Å². The summed E-state index contributed by atoms with van der Waals surface area (Å²) in [5.74, 6) is 0. The lowest BCUT2D eigenvalue weighted by Gasteiger charge is -2.02. The molecule has 104 valence electrons. The normalized spacial score (nSPS) is 12.3. The first-order valence-electron chi connectivity index (χ1n) is 6.92. The van der Waals surface area contributed by atoms with Gasteiger partial charge < -0.3 is 0 Å². The van der Waals surface area contributed by atoms with Gasteiger partial charge in [-0.05, 0) is 38.8 Å². The molecule has 18 heavy (non-hydrogen) atoms. The molecule has 0 bridgehead atoms. The van der Waals surface area contributed by atoms with E-state index in [0.717, 1.165) is 0 Å². The van der Waals surface area contributed by atoms with Gasteiger partial charge in [0.25, 0.3) is 0 Å². The van der Waals surface area contributed by atoms with Crippen molar-refractivity contribution in [3.8, 4) is 0 Å². The van der Waals surface area contributed by atoms with Gasteiger partial charge >= 0.3 is 0 Å². The molecule has 0 spiro atoms. The summed E-state index contributed by atoms with van der Waals surface area (Å²) < 4.78 is 0. The van der Waals surface area contributed by atoms with E-state index in [9.17, 15) is 0 Å². The lowest BCUT2D eigenvalue weighted by molar-refractivity contribution is 1.37. The number of rotatable bonds is 4. The summed E-state index contributed by atoms with van der Waals surface area (Å²) in [5.41, 5.74) is 3.70. The standard InChI is InChI=1S/C14H20.2C2H6/c1-6-9-10-14(13(5)8-3)11-12(4)7-2;2*1-2/h6-11H,2H2,1,3-5H3;2*1-2H3/b9-6-,12-11-,13-8-,14-10-;;. The van der Waals surface area contributed by atoms with Crippen molar-refractivity contribution < 1.29 is 0 Å². The van der Waals surface area contributed by atoms with Crippen LogP contribution in [0, 0.1) is 0 Å². The molecule has 0 aliphatic rings. The molecule has 0 saturated carbocycles. The van der Waals surface area contributed by atoms with Crippen LogP contribution in [0.4, 0.5) is 0 Å². The second-order valence-electron chi connectivity index (χ2n) is 3.21. The zero-order chi connectivity index (χ0) is 15.0. The first-order valence-corrected chi connectivity index (χ1v) is 6.92. The zero-order valence-electron chi connectivity index (χ0n) is 13.7. The van der Waals surface area contributed by atoms with Gasteiger partial charge in [0.1, 0.15) is 0 Å². The van der Waals surface area contributed by atoms with Gasteiger partial charge in [-0.2, -0.15) is 0 Å². The maximum Gasteiger partial charge on any atom is -0.0228 e. The van der Waals surface area contributed by atoms with Gasteiger partial charge in [-0.3, -0.25) is 0 Å². The lowest BCUT2D eigenvalue weighted by atomic mass is 10.0. The largest absolute Gasteiger partial charge is 0.0988 e. The SMILES string of the molecule is C=C\C(C)=C/C(=C/C=C\C)C(/C)=C\C.CC.CC. The van der Waals surface area contributed by atoms with Crippen molar-refractivity contribution in [2.45, 2.75) is 55.4 Å². The van der Waals surface area contributed by atoms with Crippen molar-refractivity contribution in [3.05, 3.63) is 59.8 Å². The molecule has 0 heteroatoms. The molecule has 0 aliphatic heterocycles. The molecular weight excluding hydrogens is 216 g/mol. The van der Waals surface area contributed by atoms with Gasteiger partial charge in [0, 0.05) is 0 Å². The van der Waals surface area contributed by atoms with E-state index in [1.807, 2.05) is 46.8 Å². The van der Waals surface area contributed by atoms with E-state index in [0.29, 0.717) is 0 Å². The Morgan fingerprint density at radius 3 is 1.78 bits per heavy atom. The van der Waals surface area contributed by atoms with Crippen molar-refractivity contribution in [2.75, 3.05) is 0 Å². The van der Waals surface area contributed by atoms with Crippen LogP contribution in [0.2, 0.25) is 0 Å². The van der Waals surface area contributed by atoms with Crippen molar-refractivity contribution in [1.29, 1.82) is 0 Å². The highest BCUT2D eigenvalue weighted by Gasteiger charge is 1.93.